The van der Waals surface area contributed by atoms with Crippen LogP contribution in [0.2, 0.25) is 0 Å². The van der Waals surface area contributed by atoms with Gasteiger partial charge in [-0.25, -0.2) is 10.4 Å². The van der Waals surface area contributed by atoms with Crippen LogP contribution in [-0.2, 0) is 0 Å². The Morgan fingerprint density at radius 3 is 3.07 bits per heavy atom. The van der Waals surface area contributed by atoms with E-state index < -0.39 is 0 Å². The van der Waals surface area contributed by atoms with Gasteiger partial charge in [0.25, 0.3) is 0 Å². The molecule has 1 fully saturated rings. The number of hydrogen-bond donors (Lipinski definition) is 3. The number of nitrogen functional groups attached to an aromatic ring is 1. The average molecular weight is 194 g/mol. The Balaban J connectivity index is 1.97. The van der Waals surface area contributed by atoms with E-state index in [1.54, 1.807) is 18.3 Å². The second-order valence-corrected chi connectivity index (χ2v) is 3.45. The number of ether oxygens (including phenoxy) is 1. The minimum Gasteiger partial charge on any atom is -0.474 e. The Morgan fingerprint density at radius 2 is 2.43 bits per heavy atom. The number of hydrazine groups is 1. The third kappa shape index (κ3) is 2.12. The minimum atomic E-state index is 0.00630. The van der Waals surface area contributed by atoms with Crippen molar-refractivity contribution in [3.05, 3.63) is 18.3 Å². The SMILES string of the molecule is CC1CC(Oc2ccnc(N)c2)NN1. The molecule has 5 nitrogen and oxygen atoms in total. The highest BCUT2D eigenvalue weighted by atomic mass is 16.5. The molecule has 2 rings (SSSR count). The lowest BCUT2D eigenvalue weighted by atomic mass is 10.2. The van der Waals surface area contributed by atoms with Gasteiger partial charge in [0.05, 0.1) is 0 Å². The van der Waals surface area contributed by atoms with Crippen molar-refractivity contribution in [2.24, 2.45) is 0 Å². The summed E-state index contributed by atoms with van der Waals surface area (Å²) in [6, 6.07) is 3.94. The largest absolute Gasteiger partial charge is 0.474 e. The summed E-state index contributed by atoms with van der Waals surface area (Å²) in [7, 11) is 0. The van der Waals surface area contributed by atoms with Crippen LogP contribution < -0.4 is 21.3 Å². The molecule has 2 unspecified atom stereocenters. The molecule has 0 amide bonds. The molecule has 4 N–H and O–H groups in total. The van der Waals surface area contributed by atoms with Crippen LogP contribution in [0.15, 0.2) is 18.3 Å². The molecular weight excluding hydrogens is 180 g/mol. The van der Waals surface area contributed by atoms with Crippen LogP contribution in [0.25, 0.3) is 0 Å². The molecule has 0 spiro atoms. The number of pyridine rings is 1. The molecule has 1 aromatic rings. The van der Waals surface area contributed by atoms with E-state index in [0.29, 0.717) is 11.9 Å². The number of nitrogens with one attached hydrogen (secondary N) is 2. The first kappa shape index (κ1) is 9.23. The summed E-state index contributed by atoms with van der Waals surface area (Å²) in [5, 5.41) is 0. The number of nitrogens with two attached hydrogens (primary N) is 1. The van der Waals surface area contributed by atoms with E-state index in [1.165, 1.54) is 0 Å². The van der Waals surface area contributed by atoms with Gasteiger partial charge in [0.1, 0.15) is 11.6 Å². The van der Waals surface area contributed by atoms with Crippen molar-refractivity contribution in [3.8, 4) is 5.75 Å². The van der Waals surface area contributed by atoms with Crippen LogP contribution in [0.1, 0.15) is 13.3 Å². The molecule has 2 heterocycles. The summed E-state index contributed by atoms with van der Waals surface area (Å²) in [6.45, 7) is 2.09. The van der Waals surface area contributed by atoms with Crippen molar-refractivity contribution in [1.29, 1.82) is 0 Å². The summed E-state index contributed by atoms with van der Waals surface area (Å²) in [5.41, 5.74) is 11.7. The number of aromatic nitrogens is 1. The first-order chi connectivity index (χ1) is 6.74. The third-order valence-corrected chi connectivity index (χ3v) is 2.09. The second kappa shape index (κ2) is 3.81. The van der Waals surface area contributed by atoms with Crippen LogP contribution in [0.5, 0.6) is 5.75 Å². The van der Waals surface area contributed by atoms with E-state index in [0.717, 1.165) is 12.2 Å². The topological polar surface area (TPSA) is 72.2 Å². The van der Waals surface area contributed by atoms with Gasteiger partial charge in [-0.15, -0.1) is 0 Å². The lowest BCUT2D eigenvalue weighted by molar-refractivity contribution is 0.180. The van der Waals surface area contributed by atoms with Gasteiger partial charge in [-0.2, -0.15) is 0 Å². The molecule has 1 aromatic heterocycles. The molecule has 1 aliphatic heterocycles. The fourth-order valence-corrected chi connectivity index (χ4v) is 1.42. The van der Waals surface area contributed by atoms with Crippen molar-refractivity contribution in [2.75, 3.05) is 5.73 Å². The molecule has 0 saturated carbocycles. The summed E-state index contributed by atoms with van der Waals surface area (Å²) in [6.07, 6.45) is 2.57. The van der Waals surface area contributed by atoms with Crippen molar-refractivity contribution >= 4 is 5.82 Å². The van der Waals surface area contributed by atoms with Gasteiger partial charge in [0.2, 0.25) is 0 Å². The molecule has 76 valence electrons. The summed E-state index contributed by atoms with van der Waals surface area (Å²) in [4.78, 5) is 3.89. The maximum Gasteiger partial charge on any atom is 0.163 e. The molecule has 14 heavy (non-hydrogen) atoms. The minimum absolute atomic E-state index is 0.00630. The van der Waals surface area contributed by atoms with E-state index in [-0.39, 0.29) is 6.23 Å². The van der Waals surface area contributed by atoms with Crippen LogP contribution in [0, 0.1) is 0 Å². The van der Waals surface area contributed by atoms with Crippen LogP contribution in [0.3, 0.4) is 0 Å². The van der Waals surface area contributed by atoms with Gasteiger partial charge >= 0.3 is 0 Å². The molecule has 0 aliphatic carbocycles. The van der Waals surface area contributed by atoms with Gasteiger partial charge in [-0.05, 0) is 13.0 Å². The van der Waals surface area contributed by atoms with Gasteiger partial charge in [0, 0.05) is 24.7 Å². The zero-order valence-electron chi connectivity index (χ0n) is 8.03. The van der Waals surface area contributed by atoms with Crippen molar-refractivity contribution in [2.45, 2.75) is 25.6 Å². The average Bonchev–Trinajstić information content (AvgIpc) is 2.51. The number of nitrogens with zero attached hydrogens (tertiary/aromatic N) is 1. The molecule has 1 saturated heterocycles. The quantitative estimate of drug-likeness (QED) is 0.629. The highest BCUT2D eigenvalue weighted by Gasteiger charge is 2.21. The highest BCUT2D eigenvalue weighted by molar-refractivity contribution is 5.35. The number of anilines is 1. The summed E-state index contributed by atoms with van der Waals surface area (Å²) >= 11 is 0. The Kier molecular flexibility index (Phi) is 2.51. The fraction of sp³-hybridized carbons (Fsp3) is 0.444. The molecule has 2 atom stereocenters. The molecule has 1 aliphatic rings. The summed E-state index contributed by atoms with van der Waals surface area (Å²) < 4.78 is 5.63. The molecule has 0 aromatic carbocycles. The second-order valence-electron chi connectivity index (χ2n) is 3.45. The van der Waals surface area contributed by atoms with Gasteiger partial charge in [-0.3, -0.25) is 5.43 Å². The molecular formula is C9H14N4O. The lowest BCUT2D eigenvalue weighted by Crippen LogP contribution is -2.35. The van der Waals surface area contributed by atoms with Crippen LogP contribution in [-0.4, -0.2) is 17.3 Å². The third-order valence-electron chi connectivity index (χ3n) is 2.09. The first-order valence-corrected chi connectivity index (χ1v) is 4.63. The van der Waals surface area contributed by atoms with E-state index >= 15 is 0 Å². The lowest BCUT2D eigenvalue weighted by Gasteiger charge is -2.12. The zero-order chi connectivity index (χ0) is 9.97. The van der Waals surface area contributed by atoms with Gasteiger partial charge < -0.3 is 10.5 Å². The molecule has 0 bridgehead atoms. The highest BCUT2D eigenvalue weighted by Crippen LogP contribution is 2.16. The zero-order valence-corrected chi connectivity index (χ0v) is 8.03. The molecule has 0 radical (unpaired) electrons. The smallest absolute Gasteiger partial charge is 0.163 e. The number of hydrogen-bond acceptors (Lipinski definition) is 5. The van der Waals surface area contributed by atoms with Crippen LogP contribution >= 0.6 is 0 Å². The van der Waals surface area contributed by atoms with Crippen molar-refractivity contribution in [3.63, 3.8) is 0 Å². The normalized spacial score (nSPS) is 26.4. The van der Waals surface area contributed by atoms with Gasteiger partial charge in [0.15, 0.2) is 6.23 Å². The van der Waals surface area contributed by atoms with Crippen LogP contribution in [0.4, 0.5) is 5.82 Å². The Hall–Kier alpha value is -1.33. The summed E-state index contributed by atoms with van der Waals surface area (Å²) in [5.74, 6) is 1.22. The number of rotatable bonds is 2. The van der Waals surface area contributed by atoms with E-state index in [4.69, 9.17) is 10.5 Å². The molecule has 5 heteroatoms. The monoisotopic (exact) mass is 194 g/mol. The Morgan fingerprint density at radius 1 is 1.57 bits per heavy atom. The van der Waals surface area contributed by atoms with E-state index in [1.807, 2.05) is 0 Å². The Labute approximate surface area is 82.6 Å². The fourth-order valence-electron chi connectivity index (χ4n) is 1.42. The van der Waals surface area contributed by atoms with E-state index in [9.17, 15) is 0 Å². The van der Waals surface area contributed by atoms with Gasteiger partial charge in [-0.1, -0.05) is 0 Å². The predicted octanol–water partition coefficient (Wildman–Crippen LogP) is 0.255. The van der Waals surface area contributed by atoms with Crippen molar-refractivity contribution in [1.82, 2.24) is 15.8 Å². The van der Waals surface area contributed by atoms with Crippen molar-refractivity contribution < 1.29 is 4.74 Å². The standard InChI is InChI=1S/C9H14N4O/c1-6-4-9(13-12-6)14-7-2-3-11-8(10)5-7/h2-3,5-6,9,12-13H,4H2,1H3,(H2,10,11). The first-order valence-electron chi connectivity index (χ1n) is 4.63. The predicted molar refractivity (Wildman–Crippen MR) is 53.4 cm³/mol. The van der Waals surface area contributed by atoms with E-state index in [2.05, 4.69) is 22.8 Å². The maximum atomic E-state index is 5.63. The maximum absolute atomic E-state index is 5.63. The Bertz CT molecular complexity index is 317.